The van der Waals surface area contributed by atoms with Crippen LogP contribution >= 0.6 is 23.8 Å². The third-order valence-electron chi connectivity index (χ3n) is 3.87. The second-order valence-corrected chi connectivity index (χ2v) is 6.59. The van der Waals surface area contributed by atoms with E-state index in [1.165, 1.54) is 14.0 Å². The van der Waals surface area contributed by atoms with Crippen LogP contribution in [0.3, 0.4) is 0 Å². The number of nitrogens with one attached hydrogen (secondary N) is 2. The summed E-state index contributed by atoms with van der Waals surface area (Å²) in [6, 6.07) is 2.60. The molecule has 0 unspecified atom stereocenters. The Balaban J connectivity index is 2.55. The van der Waals surface area contributed by atoms with Crippen molar-refractivity contribution in [2.45, 2.75) is 26.8 Å². The SMILES string of the molecule is CCOC(=O)COc1c(OC)cc(Cl)cc1[C@H]1NC(=S)NC(C)=C1C(C)=O. The van der Waals surface area contributed by atoms with E-state index in [9.17, 15) is 9.59 Å². The highest BCUT2D eigenvalue weighted by Crippen LogP contribution is 2.41. The van der Waals surface area contributed by atoms with Gasteiger partial charge in [-0.3, -0.25) is 4.79 Å². The van der Waals surface area contributed by atoms with E-state index in [1.54, 1.807) is 26.0 Å². The predicted molar refractivity (Wildman–Crippen MR) is 105 cm³/mol. The van der Waals surface area contributed by atoms with Crippen molar-refractivity contribution in [3.05, 3.63) is 34.0 Å². The van der Waals surface area contributed by atoms with Crippen molar-refractivity contribution < 1.29 is 23.8 Å². The quantitative estimate of drug-likeness (QED) is 0.522. The standard InChI is InChI=1S/C18H21ClN2O5S/c1-5-25-14(23)8-26-17-12(6-11(19)7-13(17)24-4)16-15(10(3)22)9(2)20-18(27)21-16/h6-7,16H,5,8H2,1-4H3,(H2,20,21,27)/t16-/m1/s1. The van der Waals surface area contributed by atoms with Gasteiger partial charge in [0.05, 0.1) is 19.8 Å². The molecule has 0 fully saturated rings. The van der Waals surface area contributed by atoms with E-state index in [2.05, 4.69) is 10.6 Å². The smallest absolute Gasteiger partial charge is 0.344 e. The molecule has 0 saturated heterocycles. The zero-order valence-corrected chi connectivity index (χ0v) is 17.0. The minimum atomic E-state index is -0.610. The molecule has 0 aliphatic carbocycles. The van der Waals surface area contributed by atoms with Crippen LogP contribution < -0.4 is 20.1 Å². The lowest BCUT2D eigenvalue weighted by Crippen LogP contribution is -2.44. The fourth-order valence-electron chi connectivity index (χ4n) is 2.84. The van der Waals surface area contributed by atoms with Gasteiger partial charge >= 0.3 is 5.97 Å². The van der Waals surface area contributed by atoms with Crippen LogP contribution in [0.2, 0.25) is 5.02 Å². The molecule has 1 aromatic rings. The molecule has 1 aliphatic heterocycles. The molecule has 2 rings (SSSR count). The number of allylic oxidation sites excluding steroid dienone is 1. The topological polar surface area (TPSA) is 85.9 Å². The van der Waals surface area contributed by atoms with Crippen LogP contribution in [-0.2, 0) is 14.3 Å². The van der Waals surface area contributed by atoms with Gasteiger partial charge in [-0.25, -0.2) is 4.79 Å². The summed E-state index contributed by atoms with van der Waals surface area (Å²) in [6.45, 7) is 4.86. The minimum Gasteiger partial charge on any atom is -0.493 e. The van der Waals surface area contributed by atoms with E-state index in [-0.39, 0.29) is 24.7 Å². The molecule has 0 bridgehead atoms. The Morgan fingerprint density at radius 3 is 2.63 bits per heavy atom. The monoisotopic (exact) mass is 412 g/mol. The lowest BCUT2D eigenvalue weighted by Gasteiger charge is -2.31. The van der Waals surface area contributed by atoms with Crippen molar-refractivity contribution in [2.75, 3.05) is 20.3 Å². The molecule has 0 spiro atoms. The van der Waals surface area contributed by atoms with E-state index < -0.39 is 12.0 Å². The number of benzene rings is 1. The summed E-state index contributed by atoms with van der Waals surface area (Å²) in [7, 11) is 1.46. The number of Topliss-reactive ketones (excluding diaryl/α,β-unsaturated/α-hetero) is 1. The van der Waals surface area contributed by atoms with Gasteiger partial charge in [0.25, 0.3) is 0 Å². The van der Waals surface area contributed by atoms with Crippen molar-refractivity contribution in [3.8, 4) is 11.5 Å². The zero-order valence-electron chi connectivity index (χ0n) is 15.5. The van der Waals surface area contributed by atoms with Gasteiger partial charge in [-0.2, -0.15) is 0 Å². The molecule has 1 atom stereocenters. The largest absolute Gasteiger partial charge is 0.493 e. The van der Waals surface area contributed by atoms with E-state index in [1.807, 2.05) is 0 Å². The number of hydrogen-bond donors (Lipinski definition) is 2. The Morgan fingerprint density at radius 1 is 1.33 bits per heavy atom. The number of rotatable bonds is 7. The lowest BCUT2D eigenvalue weighted by atomic mass is 9.92. The van der Waals surface area contributed by atoms with Gasteiger partial charge in [-0.15, -0.1) is 0 Å². The first kappa shape index (κ1) is 21.0. The number of thiocarbonyl (C=S) groups is 1. The molecule has 1 aliphatic rings. The second-order valence-electron chi connectivity index (χ2n) is 5.75. The highest BCUT2D eigenvalue weighted by molar-refractivity contribution is 7.80. The van der Waals surface area contributed by atoms with Crippen molar-refractivity contribution in [3.63, 3.8) is 0 Å². The number of esters is 1. The van der Waals surface area contributed by atoms with Crippen molar-refractivity contribution >= 4 is 40.7 Å². The Morgan fingerprint density at radius 2 is 2.04 bits per heavy atom. The molecule has 7 nitrogen and oxygen atoms in total. The molecule has 9 heteroatoms. The normalized spacial score (nSPS) is 16.3. The van der Waals surface area contributed by atoms with Crippen molar-refractivity contribution in [1.82, 2.24) is 10.6 Å². The van der Waals surface area contributed by atoms with Gasteiger partial charge in [-0.05, 0) is 39.1 Å². The van der Waals surface area contributed by atoms with Crippen LogP contribution in [0, 0.1) is 0 Å². The lowest BCUT2D eigenvalue weighted by molar-refractivity contribution is -0.145. The summed E-state index contributed by atoms with van der Waals surface area (Å²) in [5, 5.41) is 6.74. The number of halogens is 1. The average Bonchev–Trinajstić information content (AvgIpc) is 2.58. The number of carbonyl (C=O) groups excluding carboxylic acids is 2. The average molecular weight is 413 g/mol. The maximum atomic E-state index is 12.2. The van der Waals surface area contributed by atoms with Gasteiger partial charge < -0.3 is 24.8 Å². The first-order chi connectivity index (χ1) is 12.8. The summed E-state index contributed by atoms with van der Waals surface area (Å²) in [4.78, 5) is 24.0. The van der Waals surface area contributed by atoms with Crippen molar-refractivity contribution in [2.24, 2.45) is 0 Å². The molecule has 0 radical (unpaired) electrons. The number of methoxy groups -OCH3 is 1. The third-order valence-corrected chi connectivity index (χ3v) is 4.31. The third kappa shape index (κ3) is 4.90. The number of carbonyl (C=O) groups is 2. The Bertz CT molecular complexity index is 809. The second kappa shape index (κ2) is 9.05. The highest BCUT2D eigenvalue weighted by Gasteiger charge is 2.31. The van der Waals surface area contributed by atoms with E-state index >= 15 is 0 Å². The minimum absolute atomic E-state index is 0.143. The number of ketones is 1. The predicted octanol–water partition coefficient (Wildman–Crippen LogP) is 2.67. The molecular formula is C18H21ClN2O5S. The maximum absolute atomic E-state index is 12.2. The Labute approximate surface area is 168 Å². The zero-order chi connectivity index (χ0) is 20.1. The molecule has 0 aromatic heterocycles. The van der Waals surface area contributed by atoms with Crippen LogP contribution in [0.5, 0.6) is 11.5 Å². The number of hydrogen-bond acceptors (Lipinski definition) is 6. The molecule has 146 valence electrons. The fourth-order valence-corrected chi connectivity index (χ4v) is 3.32. The van der Waals surface area contributed by atoms with Gasteiger partial charge in [-0.1, -0.05) is 11.6 Å². The van der Waals surface area contributed by atoms with E-state index in [4.69, 9.17) is 38.0 Å². The summed E-state index contributed by atoms with van der Waals surface area (Å²) < 4.78 is 15.9. The van der Waals surface area contributed by atoms with Crippen LogP contribution in [0.15, 0.2) is 23.4 Å². The summed E-state index contributed by atoms with van der Waals surface area (Å²) in [5.41, 5.74) is 1.64. The number of ether oxygens (including phenoxy) is 3. The van der Waals surface area contributed by atoms with Crippen molar-refractivity contribution in [1.29, 1.82) is 0 Å². The fraction of sp³-hybridized carbons (Fsp3) is 0.389. The van der Waals surface area contributed by atoms with Gasteiger partial charge in [0, 0.05) is 27.9 Å². The highest BCUT2D eigenvalue weighted by atomic mass is 35.5. The first-order valence-electron chi connectivity index (χ1n) is 8.23. The maximum Gasteiger partial charge on any atom is 0.344 e. The molecular weight excluding hydrogens is 392 g/mol. The molecule has 0 saturated carbocycles. The molecule has 1 heterocycles. The summed E-state index contributed by atoms with van der Waals surface area (Å²) in [6.07, 6.45) is 0. The summed E-state index contributed by atoms with van der Waals surface area (Å²) in [5.74, 6) is -0.0552. The molecule has 1 aromatic carbocycles. The van der Waals surface area contributed by atoms with Crippen LogP contribution in [0.1, 0.15) is 32.4 Å². The molecule has 2 N–H and O–H groups in total. The Hall–Kier alpha value is -2.32. The van der Waals surface area contributed by atoms with Gasteiger partial charge in [0.1, 0.15) is 0 Å². The first-order valence-corrected chi connectivity index (χ1v) is 9.02. The van der Waals surface area contributed by atoms with Crippen LogP contribution in [0.4, 0.5) is 0 Å². The van der Waals surface area contributed by atoms with Crippen LogP contribution in [-0.4, -0.2) is 37.2 Å². The van der Waals surface area contributed by atoms with Gasteiger partial charge in [0.15, 0.2) is 29.0 Å². The molecule has 27 heavy (non-hydrogen) atoms. The van der Waals surface area contributed by atoms with Gasteiger partial charge in [0.2, 0.25) is 0 Å². The summed E-state index contributed by atoms with van der Waals surface area (Å²) >= 11 is 11.5. The van der Waals surface area contributed by atoms with E-state index in [0.717, 1.165) is 0 Å². The van der Waals surface area contributed by atoms with Crippen LogP contribution in [0.25, 0.3) is 0 Å². The molecule has 0 amide bonds. The Kier molecular flexibility index (Phi) is 7.04. The van der Waals surface area contributed by atoms with E-state index in [0.29, 0.717) is 32.7 Å².